The third kappa shape index (κ3) is 64.9. The molecule has 0 aromatic carbocycles. The Hall–Kier alpha value is -3.93. The first-order chi connectivity index (χ1) is 39.5. The van der Waals surface area contributed by atoms with Crippen LogP contribution in [0, 0.1) is 0 Å². The Morgan fingerprint density at radius 1 is 0.263 bits per heavy atom. The molecule has 0 bridgehead atoms. The van der Waals surface area contributed by atoms with Gasteiger partial charge in [0.15, 0.2) is 6.10 Å². The maximum atomic E-state index is 12.9. The summed E-state index contributed by atoms with van der Waals surface area (Å²) in [6, 6.07) is 0. The highest BCUT2D eigenvalue weighted by Gasteiger charge is 2.19. The average molecular weight is 1110 g/mol. The largest absolute Gasteiger partial charge is 0.462 e. The van der Waals surface area contributed by atoms with Crippen LogP contribution in [0.15, 0.2) is 109 Å². The molecule has 1 atom stereocenters. The molecule has 0 aliphatic rings. The van der Waals surface area contributed by atoms with E-state index in [1.54, 1.807) is 0 Å². The molecule has 6 nitrogen and oxygen atoms in total. The Kier molecular flexibility index (Phi) is 64.3. The van der Waals surface area contributed by atoms with Crippen molar-refractivity contribution in [2.24, 2.45) is 0 Å². The lowest BCUT2D eigenvalue weighted by molar-refractivity contribution is -0.167. The van der Waals surface area contributed by atoms with E-state index < -0.39 is 6.10 Å². The highest BCUT2D eigenvalue weighted by atomic mass is 16.6. The van der Waals surface area contributed by atoms with Crippen molar-refractivity contribution in [3.05, 3.63) is 109 Å². The summed E-state index contributed by atoms with van der Waals surface area (Å²) < 4.78 is 16.9. The van der Waals surface area contributed by atoms with E-state index in [-0.39, 0.29) is 31.1 Å². The summed E-state index contributed by atoms with van der Waals surface area (Å²) in [6.45, 7) is 6.41. The summed E-state index contributed by atoms with van der Waals surface area (Å²) in [7, 11) is 0. The third-order valence-electron chi connectivity index (χ3n) is 14.5. The van der Waals surface area contributed by atoms with E-state index >= 15 is 0 Å². The van der Waals surface area contributed by atoms with Crippen molar-refractivity contribution in [2.75, 3.05) is 13.2 Å². The first-order valence-electron chi connectivity index (χ1n) is 33.9. The predicted octanol–water partition coefficient (Wildman–Crippen LogP) is 23.4. The van der Waals surface area contributed by atoms with Gasteiger partial charge in [-0.15, -0.1) is 0 Å². The molecule has 0 amide bonds. The van der Waals surface area contributed by atoms with Crippen LogP contribution >= 0.6 is 0 Å². The standard InChI is InChI=1S/C74H126O6/c1-4-7-10-13-16-19-22-25-27-29-31-33-35-37-39-40-42-44-46-49-52-55-58-61-64-67-73(76)79-70-71(69-78-72(75)66-63-60-57-54-51-48-24-21-18-15-12-9-6-3)80-74(77)68-65-62-59-56-53-50-47-45-43-41-38-36-34-32-30-28-26-23-20-17-14-11-8-5-2/h7,9-10,12,16,18-19,21,25,27,31,33,37,39,42,44,48,51,71H,4-6,8,11,13-15,17,20,22-24,26,28-30,32,34-36,38,40-41,43,45-47,49-50,52-70H2,1-3H3/b10-7-,12-9-,19-16-,21-18-,27-25-,33-31-,39-37-,44-42-,51-48-. The minimum Gasteiger partial charge on any atom is -0.462 e. The summed E-state index contributed by atoms with van der Waals surface area (Å²) in [5.74, 6) is -0.926. The topological polar surface area (TPSA) is 78.9 Å². The van der Waals surface area contributed by atoms with Gasteiger partial charge in [-0.1, -0.05) is 310 Å². The molecule has 458 valence electrons. The fourth-order valence-corrected chi connectivity index (χ4v) is 9.52. The SMILES string of the molecule is CC/C=C\C/C=C\C/C=C\C/C=C\C/C=C\C/C=C\CCCCCCCCC(=O)OCC(COC(=O)CCCCC/C=C\C/C=C\C/C=C\CC)OC(=O)CCCCCCCCCCCCCCCCCCCCCCCCCC. The van der Waals surface area contributed by atoms with Gasteiger partial charge >= 0.3 is 17.9 Å². The molecule has 0 rings (SSSR count). The second kappa shape index (κ2) is 67.6. The van der Waals surface area contributed by atoms with Crippen LogP contribution in [0.3, 0.4) is 0 Å². The van der Waals surface area contributed by atoms with E-state index in [1.807, 2.05) is 0 Å². The summed E-state index contributed by atoms with van der Waals surface area (Å²) in [5, 5.41) is 0. The van der Waals surface area contributed by atoms with Crippen molar-refractivity contribution in [2.45, 2.75) is 329 Å². The molecule has 0 saturated heterocycles. The van der Waals surface area contributed by atoms with Crippen molar-refractivity contribution in [1.29, 1.82) is 0 Å². The molecule has 0 aliphatic heterocycles. The van der Waals surface area contributed by atoms with E-state index in [0.717, 1.165) is 135 Å². The molecular formula is C74H126O6. The lowest BCUT2D eigenvalue weighted by Crippen LogP contribution is -2.30. The normalized spacial score (nSPS) is 12.8. The maximum absolute atomic E-state index is 12.9. The number of carbonyl (C=O) groups is 3. The minimum absolute atomic E-state index is 0.0944. The van der Waals surface area contributed by atoms with Crippen molar-refractivity contribution in [1.82, 2.24) is 0 Å². The van der Waals surface area contributed by atoms with Gasteiger partial charge in [-0.25, -0.2) is 0 Å². The first-order valence-corrected chi connectivity index (χ1v) is 33.9. The van der Waals surface area contributed by atoms with Crippen LogP contribution < -0.4 is 0 Å². The number of hydrogen-bond acceptors (Lipinski definition) is 6. The van der Waals surface area contributed by atoms with E-state index in [4.69, 9.17) is 14.2 Å². The second-order valence-corrected chi connectivity index (χ2v) is 22.3. The second-order valence-electron chi connectivity index (χ2n) is 22.3. The molecule has 80 heavy (non-hydrogen) atoms. The summed E-state index contributed by atoms with van der Waals surface area (Å²) in [6.07, 6.45) is 92.6. The van der Waals surface area contributed by atoms with E-state index in [2.05, 4.69) is 130 Å². The molecule has 0 aromatic rings. The summed E-state index contributed by atoms with van der Waals surface area (Å²) in [4.78, 5) is 38.4. The van der Waals surface area contributed by atoms with Crippen LogP contribution in [-0.2, 0) is 28.6 Å². The van der Waals surface area contributed by atoms with Crippen molar-refractivity contribution in [3.8, 4) is 0 Å². The molecular weight excluding hydrogens is 985 g/mol. The van der Waals surface area contributed by atoms with E-state index in [1.165, 1.54) is 148 Å². The van der Waals surface area contributed by atoms with Crippen molar-refractivity contribution >= 4 is 17.9 Å². The zero-order valence-electron chi connectivity index (χ0n) is 52.6. The zero-order valence-corrected chi connectivity index (χ0v) is 52.6. The van der Waals surface area contributed by atoms with E-state index in [0.29, 0.717) is 19.3 Å². The highest BCUT2D eigenvalue weighted by molar-refractivity contribution is 5.71. The number of ether oxygens (including phenoxy) is 3. The third-order valence-corrected chi connectivity index (χ3v) is 14.5. The summed E-state index contributed by atoms with van der Waals surface area (Å²) >= 11 is 0. The lowest BCUT2D eigenvalue weighted by atomic mass is 10.0. The Bertz CT molecular complexity index is 1610. The Labute approximate surface area is 495 Å². The van der Waals surface area contributed by atoms with Crippen molar-refractivity contribution in [3.63, 3.8) is 0 Å². The number of unbranched alkanes of at least 4 members (excludes halogenated alkanes) is 32. The van der Waals surface area contributed by atoms with Crippen LogP contribution in [0.1, 0.15) is 323 Å². The molecule has 0 saturated carbocycles. The van der Waals surface area contributed by atoms with Crippen LogP contribution in [0.5, 0.6) is 0 Å². The number of rotatable bonds is 61. The molecule has 0 spiro atoms. The average Bonchev–Trinajstić information content (AvgIpc) is 3.46. The zero-order chi connectivity index (χ0) is 57.8. The van der Waals surface area contributed by atoms with Gasteiger partial charge in [0.25, 0.3) is 0 Å². The molecule has 1 unspecified atom stereocenters. The van der Waals surface area contributed by atoms with Gasteiger partial charge < -0.3 is 14.2 Å². The quantitative estimate of drug-likeness (QED) is 0.0261. The molecule has 0 radical (unpaired) electrons. The Balaban J connectivity index is 4.34. The van der Waals surface area contributed by atoms with Gasteiger partial charge in [-0.3, -0.25) is 14.4 Å². The minimum atomic E-state index is -0.798. The van der Waals surface area contributed by atoms with Crippen molar-refractivity contribution < 1.29 is 28.6 Å². The van der Waals surface area contributed by atoms with E-state index in [9.17, 15) is 14.4 Å². The molecule has 0 heterocycles. The monoisotopic (exact) mass is 1110 g/mol. The number of esters is 3. The van der Waals surface area contributed by atoms with Crippen LogP contribution in [0.4, 0.5) is 0 Å². The molecule has 6 heteroatoms. The van der Waals surface area contributed by atoms with Gasteiger partial charge in [-0.05, 0) is 103 Å². The molecule has 0 N–H and O–H groups in total. The predicted molar refractivity (Wildman–Crippen MR) is 348 cm³/mol. The first kappa shape index (κ1) is 76.1. The van der Waals surface area contributed by atoms with Gasteiger partial charge in [0, 0.05) is 19.3 Å². The number of carbonyl (C=O) groups excluding carboxylic acids is 3. The van der Waals surface area contributed by atoms with Gasteiger partial charge in [0.2, 0.25) is 0 Å². The summed E-state index contributed by atoms with van der Waals surface area (Å²) in [5.41, 5.74) is 0. The van der Waals surface area contributed by atoms with Gasteiger partial charge in [0.1, 0.15) is 13.2 Å². The fourth-order valence-electron chi connectivity index (χ4n) is 9.52. The van der Waals surface area contributed by atoms with Crippen LogP contribution in [0.25, 0.3) is 0 Å². The maximum Gasteiger partial charge on any atom is 0.306 e. The van der Waals surface area contributed by atoms with Gasteiger partial charge in [0.05, 0.1) is 0 Å². The lowest BCUT2D eigenvalue weighted by Gasteiger charge is -2.18. The highest BCUT2D eigenvalue weighted by Crippen LogP contribution is 2.17. The Morgan fingerprint density at radius 3 is 0.775 bits per heavy atom. The number of hydrogen-bond donors (Lipinski definition) is 0. The molecule has 0 aliphatic carbocycles. The van der Waals surface area contributed by atoms with Crippen LogP contribution in [0.2, 0.25) is 0 Å². The van der Waals surface area contributed by atoms with Gasteiger partial charge in [-0.2, -0.15) is 0 Å². The fraction of sp³-hybridized carbons (Fsp3) is 0.716. The number of allylic oxidation sites excluding steroid dienone is 18. The van der Waals surface area contributed by atoms with Crippen LogP contribution in [-0.4, -0.2) is 37.2 Å². The smallest absolute Gasteiger partial charge is 0.306 e. The molecule has 0 fully saturated rings. The molecule has 0 aromatic heterocycles. The Morgan fingerprint density at radius 2 is 0.487 bits per heavy atom.